The van der Waals surface area contributed by atoms with Crippen molar-refractivity contribution in [2.45, 2.75) is 0 Å². The van der Waals surface area contributed by atoms with Gasteiger partial charge in [-0.1, -0.05) is 15.9 Å². The first-order valence-electron chi connectivity index (χ1n) is 1.05. The monoisotopic (exact) mass is 174 g/mol. The zero-order chi connectivity index (χ0) is 4.28. The Labute approximate surface area is 50.1 Å². The Kier molecular flexibility index (Phi) is 8.32. The summed E-state index contributed by atoms with van der Waals surface area (Å²) in [6.07, 6.45) is 0. The molecule has 1 N–H and O–H groups in total. The van der Waals surface area contributed by atoms with Crippen molar-refractivity contribution >= 4 is 34.3 Å². The highest BCUT2D eigenvalue weighted by Crippen LogP contribution is 1.73. The highest BCUT2D eigenvalue weighted by atomic mass is 79.9. The number of alkyl halides is 1. The van der Waals surface area contributed by atoms with Crippen molar-refractivity contribution in [2.75, 3.05) is 5.33 Å². The van der Waals surface area contributed by atoms with Gasteiger partial charge in [0.2, 0.25) is 0 Å². The number of carbonyl (C=O) groups is 1. The molecule has 0 fully saturated rings. The number of carboxylic acid groups (broad SMARTS) is 1. The molecule has 0 atom stereocenters. The third-order valence-corrected chi connectivity index (χ3v) is 0.594. The summed E-state index contributed by atoms with van der Waals surface area (Å²) >= 11 is 2.71. The minimum Gasteiger partial charge on any atom is -0.481 e. The van der Waals surface area contributed by atoms with E-state index < -0.39 is 5.97 Å². The van der Waals surface area contributed by atoms with Crippen molar-refractivity contribution in [1.29, 1.82) is 0 Å². The van der Waals surface area contributed by atoms with Crippen LogP contribution in [0.4, 0.5) is 0 Å². The zero-order valence-corrected chi connectivity index (χ0v) is 5.25. The van der Waals surface area contributed by atoms with E-state index in [0.717, 1.165) is 0 Å². The predicted molar refractivity (Wildman–Crippen MR) is 28.7 cm³/mol. The minimum atomic E-state index is -0.829. The fraction of sp³-hybridized carbons (Fsp3) is 0.500. The lowest BCUT2D eigenvalue weighted by atomic mass is 10.8. The third-order valence-electron chi connectivity index (χ3n) is 0.114. The first kappa shape index (κ1) is 9.53. The number of carboxylic acids is 1. The molecule has 0 rings (SSSR count). The Morgan fingerprint density at radius 1 is 1.83 bits per heavy atom. The lowest BCUT2D eigenvalue weighted by molar-refractivity contribution is -0.133. The van der Waals surface area contributed by atoms with Gasteiger partial charge in [0, 0.05) is 0 Å². The van der Waals surface area contributed by atoms with Gasteiger partial charge in [-0.15, -0.1) is 12.4 Å². The Bertz CT molecular complexity index is 46.8. The summed E-state index contributed by atoms with van der Waals surface area (Å²) < 4.78 is 0. The van der Waals surface area contributed by atoms with Crippen LogP contribution in [0.3, 0.4) is 0 Å². The highest BCUT2D eigenvalue weighted by molar-refractivity contribution is 9.09. The second-order valence-electron chi connectivity index (χ2n) is 0.527. The van der Waals surface area contributed by atoms with Crippen molar-refractivity contribution in [3.05, 3.63) is 0 Å². The van der Waals surface area contributed by atoms with Crippen LogP contribution in [0.25, 0.3) is 0 Å². The fourth-order valence-corrected chi connectivity index (χ4v) is 0. The highest BCUT2D eigenvalue weighted by Gasteiger charge is 1.83. The van der Waals surface area contributed by atoms with Crippen LogP contribution in [0.5, 0.6) is 0 Å². The molecule has 0 saturated heterocycles. The number of aliphatic carboxylic acids is 1. The van der Waals surface area contributed by atoms with Gasteiger partial charge >= 0.3 is 5.97 Å². The van der Waals surface area contributed by atoms with Crippen LogP contribution in [0, 0.1) is 0 Å². The van der Waals surface area contributed by atoms with Crippen LogP contribution in [-0.4, -0.2) is 16.4 Å². The van der Waals surface area contributed by atoms with E-state index in [1.165, 1.54) is 0 Å². The van der Waals surface area contributed by atoms with Gasteiger partial charge in [-0.05, 0) is 0 Å². The molecule has 0 spiro atoms. The molecule has 0 aliphatic heterocycles. The first-order valence-corrected chi connectivity index (χ1v) is 2.17. The van der Waals surface area contributed by atoms with E-state index in [-0.39, 0.29) is 17.7 Å². The van der Waals surface area contributed by atoms with E-state index in [4.69, 9.17) is 5.11 Å². The van der Waals surface area contributed by atoms with Crippen LogP contribution >= 0.6 is 28.3 Å². The molecule has 0 aromatic carbocycles. The Balaban J connectivity index is 0. The minimum absolute atomic E-state index is 0. The first-order chi connectivity index (χ1) is 2.27. The lowest BCUT2D eigenvalue weighted by Crippen LogP contribution is -1.92. The molecule has 4 heteroatoms. The normalized spacial score (nSPS) is 6.17. The number of hydrogen-bond acceptors (Lipinski definition) is 1. The molecule has 0 bridgehead atoms. The molecular formula is C2H4BrClO2. The maximum absolute atomic E-state index is 9.32. The van der Waals surface area contributed by atoms with E-state index in [0.29, 0.717) is 0 Å². The second-order valence-corrected chi connectivity index (χ2v) is 1.09. The molecule has 0 aromatic rings. The maximum atomic E-state index is 9.32. The van der Waals surface area contributed by atoms with E-state index in [1.54, 1.807) is 0 Å². The third kappa shape index (κ3) is 8.87. The van der Waals surface area contributed by atoms with Crippen molar-refractivity contribution in [2.24, 2.45) is 0 Å². The molecule has 2 nitrogen and oxygen atoms in total. The molecule has 38 valence electrons. The average molecular weight is 175 g/mol. The Morgan fingerprint density at radius 2 is 2.00 bits per heavy atom. The van der Waals surface area contributed by atoms with E-state index in [9.17, 15) is 4.79 Å². The van der Waals surface area contributed by atoms with Crippen LogP contribution < -0.4 is 0 Å². The lowest BCUT2D eigenvalue weighted by Gasteiger charge is -1.70. The van der Waals surface area contributed by atoms with Crippen LogP contribution in [0.15, 0.2) is 0 Å². The van der Waals surface area contributed by atoms with Gasteiger partial charge in [-0.3, -0.25) is 4.79 Å². The van der Waals surface area contributed by atoms with Crippen LogP contribution in [0.1, 0.15) is 0 Å². The Hall–Kier alpha value is 0.240. The quantitative estimate of drug-likeness (QED) is 0.601. The average Bonchev–Trinajstić information content (AvgIpc) is 1.38. The van der Waals surface area contributed by atoms with Crippen molar-refractivity contribution < 1.29 is 9.90 Å². The van der Waals surface area contributed by atoms with Gasteiger partial charge in [-0.2, -0.15) is 0 Å². The standard InChI is InChI=1S/C2H3BrO2.ClH/c3-1-2(4)5;/h1H2,(H,4,5);1H. The van der Waals surface area contributed by atoms with Gasteiger partial charge in [0.15, 0.2) is 0 Å². The molecule has 0 unspecified atom stereocenters. The SMILES string of the molecule is Cl.O=C(O)CBr. The largest absolute Gasteiger partial charge is 0.481 e. The smallest absolute Gasteiger partial charge is 0.314 e. The summed E-state index contributed by atoms with van der Waals surface area (Å²) in [5.41, 5.74) is 0. The molecule has 6 heavy (non-hydrogen) atoms. The van der Waals surface area contributed by atoms with Crippen LogP contribution in [-0.2, 0) is 4.79 Å². The molecule has 0 saturated carbocycles. The molecule has 0 aromatic heterocycles. The number of hydrogen-bond donors (Lipinski definition) is 1. The second kappa shape index (κ2) is 5.24. The van der Waals surface area contributed by atoms with E-state index >= 15 is 0 Å². The molecule has 0 amide bonds. The van der Waals surface area contributed by atoms with Crippen molar-refractivity contribution in [3.63, 3.8) is 0 Å². The summed E-state index contributed by atoms with van der Waals surface area (Å²) in [4.78, 5) is 9.32. The van der Waals surface area contributed by atoms with Crippen LogP contribution in [0.2, 0.25) is 0 Å². The van der Waals surface area contributed by atoms with E-state index in [1.807, 2.05) is 0 Å². The van der Waals surface area contributed by atoms with Gasteiger partial charge in [-0.25, -0.2) is 0 Å². The summed E-state index contributed by atoms with van der Waals surface area (Å²) in [5.74, 6) is -0.829. The van der Waals surface area contributed by atoms with Gasteiger partial charge in [0.05, 0.1) is 0 Å². The fourth-order valence-electron chi connectivity index (χ4n) is 0. The summed E-state index contributed by atoms with van der Waals surface area (Å²) in [6.45, 7) is 0. The van der Waals surface area contributed by atoms with E-state index in [2.05, 4.69) is 15.9 Å². The molecule has 0 radical (unpaired) electrons. The predicted octanol–water partition coefficient (Wildman–Crippen LogP) is 0.888. The zero-order valence-electron chi connectivity index (χ0n) is 2.85. The van der Waals surface area contributed by atoms with Crippen molar-refractivity contribution in [3.8, 4) is 0 Å². The summed E-state index contributed by atoms with van der Waals surface area (Å²) in [6, 6.07) is 0. The molecule has 0 heterocycles. The molecule has 0 aliphatic carbocycles. The number of halogens is 2. The van der Waals surface area contributed by atoms with Gasteiger partial charge in [0.1, 0.15) is 5.33 Å². The molecular weight excluding hydrogens is 171 g/mol. The summed E-state index contributed by atoms with van der Waals surface area (Å²) in [7, 11) is 0. The van der Waals surface area contributed by atoms with Crippen molar-refractivity contribution in [1.82, 2.24) is 0 Å². The van der Waals surface area contributed by atoms with Gasteiger partial charge in [0.25, 0.3) is 0 Å². The summed E-state index contributed by atoms with van der Waals surface area (Å²) in [5, 5.41) is 7.71. The Morgan fingerprint density at radius 3 is 2.00 bits per heavy atom. The molecule has 0 aliphatic rings. The maximum Gasteiger partial charge on any atom is 0.314 e. The number of rotatable bonds is 1. The topological polar surface area (TPSA) is 37.3 Å². The van der Waals surface area contributed by atoms with Gasteiger partial charge < -0.3 is 5.11 Å².